The van der Waals surface area contributed by atoms with E-state index in [4.69, 9.17) is 4.74 Å². The summed E-state index contributed by atoms with van der Waals surface area (Å²) in [6.07, 6.45) is 6.51. The minimum Gasteiger partial charge on any atom is -0.461 e. The highest BCUT2D eigenvalue weighted by molar-refractivity contribution is 5.83. The van der Waals surface area contributed by atoms with Crippen LogP contribution in [0.1, 0.15) is 69.4 Å². The van der Waals surface area contributed by atoms with E-state index in [9.17, 15) is 9.59 Å². The lowest BCUT2D eigenvalue weighted by molar-refractivity contribution is -0.142. The number of likely N-dealkylation sites (tertiary alicyclic amines) is 1. The number of carbonyl (C=O) groups excluding carboxylic acids is 2. The molecule has 1 heterocycles. The van der Waals surface area contributed by atoms with Crippen LogP contribution in [-0.4, -0.2) is 29.9 Å². The van der Waals surface area contributed by atoms with E-state index < -0.39 is 0 Å². The predicted molar refractivity (Wildman–Crippen MR) is 94.6 cm³/mol. The van der Waals surface area contributed by atoms with E-state index in [0.29, 0.717) is 0 Å². The highest BCUT2D eigenvalue weighted by Crippen LogP contribution is 2.26. The Hall–Kier alpha value is -1.84. The number of amides is 1. The van der Waals surface area contributed by atoms with Crippen molar-refractivity contribution in [1.29, 1.82) is 0 Å². The number of hydrogen-bond acceptors (Lipinski definition) is 3. The second kappa shape index (κ2) is 9.45. The molecule has 0 aliphatic carbocycles. The van der Waals surface area contributed by atoms with Gasteiger partial charge in [-0.15, -0.1) is 0 Å². The minimum atomic E-state index is -0.278. The van der Waals surface area contributed by atoms with Gasteiger partial charge in [-0.1, -0.05) is 44.0 Å². The average molecular weight is 331 g/mol. The molecule has 0 aromatic heterocycles. The molecule has 0 spiro atoms. The standard InChI is InChI=1S/C20H29NO3/c1-3-4-8-19(20(23)21-13-6-5-7-14-21)18-11-9-17(10-12-18)15-24-16(2)22/h9-12,19H,3-8,13-15H2,1-2H3. The molecular weight excluding hydrogens is 302 g/mol. The Morgan fingerprint density at radius 3 is 2.38 bits per heavy atom. The number of rotatable bonds is 7. The van der Waals surface area contributed by atoms with Gasteiger partial charge in [-0.3, -0.25) is 9.59 Å². The molecule has 1 aliphatic heterocycles. The van der Waals surface area contributed by atoms with Gasteiger partial charge in [0.25, 0.3) is 0 Å². The molecule has 1 fully saturated rings. The Kier molecular flexibility index (Phi) is 7.29. The highest BCUT2D eigenvalue weighted by Gasteiger charge is 2.26. The molecule has 4 heteroatoms. The summed E-state index contributed by atoms with van der Waals surface area (Å²) in [6.45, 7) is 5.64. The number of unbranched alkanes of at least 4 members (excludes halogenated alkanes) is 1. The summed E-state index contributed by atoms with van der Waals surface area (Å²) in [5, 5.41) is 0. The van der Waals surface area contributed by atoms with Crippen molar-refractivity contribution in [3.05, 3.63) is 35.4 Å². The molecule has 1 amide bonds. The fourth-order valence-electron chi connectivity index (χ4n) is 3.21. The molecule has 2 rings (SSSR count). The second-order valence-corrected chi connectivity index (χ2v) is 6.60. The van der Waals surface area contributed by atoms with Gasteiger partial charge in [0, 0.05) is 20.0 Å². The zero-order chi connectivity index (χ0) is 17.4. The molecule has 1 aliphatic rings. The van der Waals surface area contributed by atoms with Crippen LogP contribution in [-0.2, 0) is 20.9 Å². The molecule has 0 N–H and O–H groups in total. The molecule has 0 bridgehead atoms. The molecule has 0 saturated carbocycles. The van der Waals surface area contributed by atoms with Gasteiger partial charge in [0.05, 0.1) is 5.92 Å². The maximum absolute atomic E-state index is 13.0. The molecule has 24 heavy (non-hydrogen) atoms. The SMILES string of the molecule is CCCCC(C(=O)N1CCCCC1)c1ccc(COC(C)=O)cc1. The monoisotopic (exact) mass is 331 g/mol. The first-order valence-electron chi connectivity index (χ1n) is 9.12. The van der Waals surface area contributed by atoms with Crippen molar-refractivity contribution in [2.75, 3.05) is 13.1 Å². The van der Waals surface area contributed by atoms with Crippen LogP contribution in [0.4, 0.5) is 0 Å². The quantitative estimate of drug-likeness (QED) is 0.709. The van der Waals surface area contributed by atoms with Gasteiger partial charge in [0.2, 0.25) is 5.91 Å². The molecule has 1 aromatic carbocycles. The topological polar surface area (TPSA) is 46.6 Å². The van der Waals surface area contributed by atoms with Crippen LogP contribution >= 0.6 is 0 Å². The Morgan fingerprint density at radius 2 is 1.79 bits per heavy atom. The number of nitrogens with zero attached hydrogens (tertiary/aromatic N) is 1. The molecule has 1 atom stereocenters. The predicted octanol–water partition coefficient (Wildman–Crippen LogP) is 4.04. The first kappa shape index (κ1) is 18.5. The minimum absolute atomic E-state index is 0.0502. The summed E-state index contributed by atoms with van der Waals surface area (Å²) < 4.78 is 5.02. The third-order valence-electron chi connectivity index (χ3n) is 4.64. The zero-order valence-corrected chi connectivity index (χ0v) is 14.9. The third kappa shape index (κ3) is 5.36. The van der Waals surface area contributed by atoms with Gasteiger partial charge < -0.3 is 9.64 Å². The summed E-state index contributed by atoms with van der Waals surface area (Å²) in [5.74, 6) is -0.0538. The number of piperidine rings is 1. The van der Waals surface area contributed by atoms with Crippen LogP contribution in [0.25, 0.3) is 0 Å². The largest absolute Gasteiger partial charge is 0.461 e. The zero-order valence-electron chi connectivity index (χ0n) is 14.9. The van der Waals surface area contributed by atoms with Gasteiger partial charge in [-0.25, -0.2) is 0 Å². The first-order valence-corrected chi connectivity index (χ1v) is 9.12. The number of carbonyl (C=O) groups is 2. The van der Waals surface area contributed by atoms with Gasteiger partial charge in [0.15, 0.2) is 0 Å². The number of ether oxygens (including phenoxy) is 1. The van der Waals surface area contributed by atoms with Crippen molar-refractivity contribution in [2.24, 2.45) is 0 Å². The van der Waals surface area contributed by atoms with Gasteiger partial charge in [-0.2, -0.15) is 0 Å². The molecule has 1 aromatic rings. The molecule has 1 saturated heterocycles. The van der Waals surface area contributed by atoms with E-state index in [1.54, 1.807) is 0 Å². The van der Waals surface area contributed by atoms with Gasteiger partial charge in [0.1, 0.15) is 6.61 Å². The summed E-state index contributed by atoms with van der Waals surface area (Å²) in [7, 11) is 0. The summed E-state index contributed by atoms with van der Waals surface area (Å²) in [5.41, 5.74) is 2.03. The summed E-state index contributed by atoms with van der Waals surface area (Å²) in [4.78, 5) is 25.9. The Labute approximate surface area is 145 Å². The van der Waals surface area contributed by atoms with E-state index in [1.165, 1.54) is 13.3 Å². The summed E-state index contributed by atoms with van der Waals surface area (Å²) >= 11 is 0. The maximum atomic E-state index is 13.0. The number of esters is 1. The van der Waals surface area contributed by atoms with Crippen LogP contribution in [0, 0.1) is 0 Å². The third-order valence-corrected chi connectivity index (χ3v) is 4.64. The van der Waals surface area contributed by atoms with Crippen LogP contribution < -0.4 is 0 Å². The normalized spacial score (nSPS) is 15.8. The lowest BCUT2D eigenvalue weighted by Gasteiger charge is -2.30. The van der Waals surface area contributed by atoms with E-state index in [2.05, 4.69) is 6.92 Å². The Morgan fingerprint density at radius 1 is 1.12 bits per heavy atom. The highest BCUT2D eigenvalue weighted by atomic mass is 16.5. The van der Waals surface area contributed by atoms with Crippen LogP contribution in [0.2, 0.25) is 0 Å². The van der Waals surface area contributed by atoms with Crippen LogP contribution in [0.15, 0.2) is 24.3 Å². The van der Waals surface area contributed by atoms with E-state index in [1.807, 2.05) is 29.2 Å². The van der Waals surface area contributed by atoms with Crippen molar-refractivity contribution in [3.8, 4) is 0 Å². The molecule has 0 radical (unpaired) electrons. The Bertz CT molecular complexity index is 532. The molecule has 132 valence electrons. The average Bonchev–Trinajstić information content (AvgIpc) is 2.61. The van der Waals surface area contributed by atoms with E-state index >= 15 is 0 Å². The van der Waals surface area contributed by atoms with E-state index in [0.717, 1.165) is 56.3 Å². The molecular formula is C20H29NO3. The van der Waals surface area contributed by atoms with Gasteiger partial charge >= 0.3 is 5.97 Å². The molecule has 4 nitrogen and oxygen atoms in total. The van der Waals surface area contributed by atoms with Crippen molar-refractivity contribution >= 4 is 11.9 Å². The summed E-state index contributed by atoms with van der Waals surface area (Å²) in [6, 6.07) is 7.95. The van der Waals surface area contributed by atoms with Crippen molar-refractivity contribution in [2.45, 2.75) is 64.9 Å². The molecule has 1 unspecified atom stereocenters. The number of hydrogen-bond donors (Lipinski definition) is 0. The fraction of sp³-hybridized carbons (Fsp3) is 0.600. The Balaban J connectivity index is 2.08. The fourth-order valence-corrected chi connectivity index (χ4v) is 3.21. The lowest BCUT2D eigenvalue weighted by Crippen LogP contribution is -2.38. The smallest absolute Gasteiger partial charge is 0.302 e. The van der Waals surface area contributed by atoms with Crippen molar-refractivity contribution in [1.82, 2.24) is 4.90 Å². The van der Waals surface area contributed by atoms with Crippen molar-refractivity contribution in [3.63, 3.8) is 0 Å². The lowest BCUT2D eigenvalue weighted by atomic mass is 9.91. The van der Waals surface area contributed by atoms with Gasteiger partial charge in [-0.05, 0) is 36.8 Å². The van der Waals surface area contributed by atoms with Crippen LogP contribution in [0.3, 0.4) is 0 Å². The van der Waals surface area contributed by atoms with Crippen molar-refractivity contribution < 1.29 is 14.3 Å². The maximum Gasteiger partial charge on any atom is 0.302 e. The van der Waals surface area contributed by atoms with Crippen LogP contribution in [0.5, 0.6) is 0 Å². The second-order valence-electron chi connectivity index (χ2n) is 6.60. The first-order chi connectivity index (χ1) is 11.6. The number of benzene rings is 1. The van der Waals surface area contributed by atoms with E-state index in [-0.39, 0.29) is 24.4 Å².